The third-order valence-electron chi connectivity index (χ3n) is 6.53. The van der Waals surface area contributed by atoms with Gasteiger partial charge in [-0.15, -0.1) is 0 Å². The number of carbonyl (C=O) groups is 1. The van der Waals surface area contributed by atoms with Crippen molar-refractivity contribution in [3.8, 4) is 17.1 Å². The fourth-order valence-electron chi connectivity index (χ4n) is 4.49. The fraction of sp³-hybridized carbons (Fsp3) is 0.483. The molecule has 200 valence electrons. The number of allylic oxidation sites excluding steroid dienone is 2. The summed E-state index contributed by atoms with van der Waals surface area (Å²) in [6.07, 6.45) is 12.1. The molecule has 1 atom stereocenters. The number of fused-ring (bicyclic) bond motifs is 1. The largest absolute Gasteiger partial charge is 0.507 e. The molecule has 0 radical (unpaired) electrons. The number of methoxy groups -OCH3 is 1. The van der Waals surface area contributed by atoms with Crippen LogP contribution in [0.25, 0.3) is 23.5 Å². The lowest BCUT2D eigenvalue weighted by atomic mass is 10.0. The predicted molar refractivity (Wildman–Crippen MR) is 148 cm³/mol. The second-order valence-electron chi connectivity index (χ2n) is 9.48. The van der Waals surface area contributed by atoms with E-state index in [9.17, 15) is 9.90 Å². The predicted octanol–water partition coefficient (Wildman–Crippen LogP) is 3.50. The van der Waals surface area contributed by atoms with Crippen molar-refractivity contribution in [3.05, 3.63) is 46.5 Å². The minimum Gasteiger partial charge on any atom is -0.507 e. The lowest BCUT2D eigenvalue weighted by molar-refractivity contribution is 0.169. The highest BCUT2D eigenvalue weighted by molar-refractivity contribution is 5.67. The van der Waals surface area contributed by atoms with Crippen LogP contribution in [-0.2, 0) is 4.74 Å². The number of anilines is 1. The van der Waals surface area contributed by atoms with Gasteiger partial charge in [0.25, 0.3) is 0 Å². The lowest BCUT2D eigenvalue weighted by Gasteiger charge is -2.26. The van der Waals surface area contributed by atoms with Crippen molar-refractivity contribution in [1.29, 1.82) is 0 Å². The van der Waals surface area contributed by atoms with Crippen LogP contribution in [0.3, 0.4) is 0 Å². The number of hydrogen-bond donors (Lipinski definition) is 3. The number of carbonyl (C=O) groups excluding carboxylic acids is 1. The van der Waals surface area contributed by atoms with Gasteiger partial charge in [0, 0.05) is 31.5 Å². The van der Waals surface area contributed by atoms with Crippen molar-refractivity contribution in [1.82, 2.24) is 15.3 Å². The summed E-state index contributed by atoms with van der Waals surface area (Å²) in [5.41, 5.74) is 1.78. The molecule has 1 amide bonds. The number of nitrogens with one attached hydrogen (secondary N) is 1. The molecule has 37 heavy (non-hydrogen) atoms. The summed E-state index contributed by atoms with van der Waals surface area (Å²) >= 11 is 0. The van der Waals surface area contributed by atoms with Gasteiger partial charge in [-0.05, 0) is 56.7 Å². The molecule has 1 unspecified atom stereocenters. The van der Waals surface area contributed by atoms with E-state index in [-0.39, 0.29) is 5.75 Å². The van der Waals surface area contributed by atoms with E-state index in [0.29, 0.717) is 30.5 Å². The quantitative estimate of drug-likeness (QED) is 0.548. The number of alkyl carbamates (subject to hydrolysis) is 1. The van der Waals surface area contributed by atoms with Crippen LogP contribution in [0.1, 0.15) is 52.4 Å². The molecule has 8 nitrogen and oxygen atoms in total. The van der Waals surface area contributed by atoms with E-state index in [1.165, 1.54) is 7.11 Å². The van der Waals surface area contributed by atoms with Gasteiger partial charge in [-0.2, -0.15) is 0 Å². The Kier molecular flexibility index (Phi) is 11.0. The monoisotopic (exact) mass is 508 g/mol. The maximum absolute atomic E-state index is 11.6. The van der Waals surface area contributed by atoms with Crippen LogP contribution in [0, 0.1) is 5.92 Å². The summed E-state index contributed by atoms with van der Waals surface area (Å²) in [4.78, 5) is 23.7. The Labute approximate surface area is 219 Å². The smallest absolute Gasteiger partial charge is 0.406 e. The van der Waals surface area contributed by atoms with Crippen LogP contribution < -0.4 is 20.8 Å². The third kappa shape index (κ3) is 8.05. The Morgan fingerprint density at radius 2 is 2.03 bits per heavy atom. The fourth-order valence-corrected chi connectivity index (χ4v) is 4.49. The molecule has 1 aliphatic heterocycles. The molecule has 2 aromatic rings. The van der Waals surface area contributed by atoms with Crippen LogP contribution >= 0.6 is 0 Å². The maximum atomic E-state index is 11.6. The number of phenolic OH excluding ortho intramolecular Hbond substituents is 1. The first-order valence-electron chi connectivity index (χ1n) is 13.2. The van der Waals surface area contributed by atoms with Gasteiger partial charge >= 0.3 is 6.09 Å². The number of ether oxygens (including phenoxy) is 1. The molecule has 2 heterocycles. The molecule has 2 aliphatic rings. The Bertz CT molecular complexity index is 1190. The molecule has 1 aromatic carbocycles. The zero-order valence-corrected chi connectivity index (χ0v) is 22.2. The molecule has 0 bridgehead atoms. The standard InChI is InChI=1S/C25H30N4O3.C4H10O/c1-17-8-7-11-19-21(14-17)27-23(20-10-3-4-12-22(20)30)28-24(19)29-13-6-5-9-18(16-29)15-26-25(31)32-2;1-2-3-4-5/h3-4,8,10-12,14,18,30H,5-7,9,13,15-16H2,1-2H3,(H,26,31);5H,2-4H2,1H3. The first kappa shape index (κ1) is 28.2. The molecule has 1 saturated heterocycles. The van der Waals surface area contributed by atoms with E-state index in [4.69, 9.17) is 19.8 Å². The minimum atomic E-state index is -0.400. The highest BCUT2D eigenvalue weighted by Gasteiger charge is 2.22. The molecule has 3 N–H and O–H groups in total. The summed E-state index contributed by atoms with van der Waals surface area (Å²) in [5, 5.41) is 23.2. The van der Waals surface area contributed by atoms with Crippen LogP contribution in [0.4, 0.5) is 10.6 Å². The highest BCUT2D eigenvalue weighted by atomic mass is 16.5. The molecule has 8 heteroatoms. The summed E-state index contributed by atoms with van der Waals surface area (Å²) in [5.74, 6) is 1.87. The van der Waals surface area contributed by atoms with Crippen molar-refractivity contribution in [2.45, 2.75) is 52.4 Å². The Balaban J connectivity index is 0.000000695. The summed E-state index contributed by atoms with van der Waals surface area (Å²) < 4.78 is 4.74. The molecule has 1 fully saturated rings. The zero-order valence-electron chi connectivity index (χ0n) is 22.2. The van der Waals surface area contributed by atoms with Crippen LogP contribution in [-0.4, -0.2) is 59.6 Å². The number of hydrogen-bond acceptors (Lipinski definition) is 7. The van der Waals surface area contributed by atoms with Gasteiger partial charge < -0.3 is 25.2 Å². The van der Waals surface area contributed by atoms with Crippen molar-refractivity contribution in [2.75, 3.05) is 38.3 Å². The molecule has 4 rings (SSSR count). The molecule has 1 aromatic heterocycles. The van der Waals surface area contributed by atoms with Gasteiger partial charge in [-0.1, -0.05) is 49.6 Å². The van der Waals surface area contributed by atoms with E-state index in [0.717, 1.165) is 73.6 Å². The van der Waals surface area contributed by atoms with Gasteiger partial charge in [0.15, 0.2) is 5.82 Å². The average molecular weight is 509 g/mol. The number of benzene rings is 1. The molecule has 0 spiro atoms. The third-order valence-corrected chi connectivity index (χ3v) is 6.53. The van der Waals surface area contributed by atoms with E-state index < -0.39 is 6.09 Å². The number of amides is 1. The van der Waals surface area contributed by atoms with Gasteiger partial charge in [0.05, 0.1) is 18.0 Å². The summed E-state index contributed by atoms with van der Waals surface area (Å²) in [7, 11) is 1.38. The van der Waals surface area contributed by atoms with Crippen molar-refractivity contribution in [3.63, 3.8) is 0 Å². The molecular formula is C29H40N4O4. The van der Waals surface area contributed by atoms with E-state index in [1.54, 1.807) is 12.1 Å². The number of aliphatic hydroxyl groups is 1. The number of para-hydroxylation sites is 1. The molecular weight excluding hydrogens is 468 g/mol. The first-order chi connectivity index (χ1) is 18.0. The number of phenols is 1. The number of nitrogens with zero attached hydrogens (tertiary/aromatic N) is 3. The Morgan fingerprint density at radius 1 is 1.22 bits per heavy atom. The second kappa shape index (κ2) is 14.4. The number of unbranched alkanes of at least 4 members (excludes halogenated alkanes) is 1. The van der Waals surface area contributed by atoms with Crippen molar-refractivity contribution >= 4 is 24.1 Å². The number of aliphatic hydroxyl groups excluding tert-OH is 1. The summed E-state index contributed by atoms with van der Waals surface area (Å²) in [6, 6.07) is 7.18. The topological polar surface area (TPSA) is 108 Å². The normalized spacial score (nSPS) is 16.9. The number of rotatable bonds is 6. The van der Waals surface area contributed by atoms with Gasteiger partial charge in [0.1, 0.15) is 11.6 Å². The zero-order chi connectivity index (χ0) is 26.6. The van der Waals surface area contributed by atoms with E-state index >= 15 is 0 Å². The molecule has 1 aliphatic carbocycles. The maximum Gasteiger partial charge on any atom is 0.406 e. The second-order valence-corrected chi connectivity index (χ2v) is 9.48. The molecule has 0 saturated carbocycles. The number of aromatic nitrogens is 2. The van der Waals surface area contributed by atoms with Crippen molar-refractivity contribution < 1.29 is 19.7 Å². The number of aromatic hydroxyl groups is 1. The SMILES string of the molecule is CCCCO.COC(=O)NCC1CCCCN(c2nc(-c3ccccc3O)nc3c2=CCC=C(C)C=3)C1. The first-order valence-corrected chi connectivity index (χ1v) is 13.2. The highest BCUT2D eigenvalue weighted by Crippen LogP contribution is 2.26. The Morgan fingerprint density at radius 3 is 2.73 bits per heavy atom. The Hall–Kier alpha value is -3.39. The lowest BCUT2D eigenvalue weighted by Crippen LogP contribution is -2.42. The van der Waals surface area contributed by atoms with Gasteiger partial charge in [-0.25, -0.2) is 14.8 Å². The van der Waals surface area contributed by atoms with E-state index in [1.807, 2.05) is 12.1 Å². The summed E-state index contributed by atoms with van der Waals surface area (Å²) in [6.45, 7) is 6.71. The van der Waals surface area contributed by atoms with Gasteiger partial charge in [-0.3, -0.25) is 0 Å². The van der Waals surface area contributed by atoms with E-state index in [2.05, 4.69) is 42.3 Å². The van der Waals surface area contributed by atoms with Crippen LogP contribution in [0.15, 0.2) is 35.9 Å². The van der Waals surface area contributed by atoms with Crippen LogP contribution in [0.2, 0.25) is 0 Å². The minimum absolute atomic E-state index is 0.166. The van der Waals surface area contributed by atoms with Crippen LogP contribution in [0.5, 0.6) is 5.75 Å². The average Bonchev–Trinajstić information content (AvgIpc) is 3.25. The van der Waals surface area contributed by atoms with Gasteiger partial charge in [0.2, 0.25) is 0 Å². The van der Waals surface area contributed by atoms with Crippen molar-refractivity contribution in [2.24, 2.45) is 5.92 Å².